The normalized spacial score (nSPS) is 22.4. The first kappa shape index (κ1) is 17.7. The highest BCUT2D eigenvalue weighted by molar-refractivity contribution is 7.11. The molecule has 0 aromatic carbocycles. The third-order valence-corrected chi connectivity index (χ3v) is 4.63. The summed E-state index contributed by atoms with van der Waals surface area (Å²) in [5.41, 5.74) is 1.55. The minimum atomic E-state index is -4.65. The standard InChI is InChI=1S/C14H17F3N2O3S/c1-13(2,3)10-9(23-6-18-10)11(20)19-4-7(12(21)22)8(5-19)14(15,16)17/h6-8H,4-5H2,1-3H3,(H,21,22)/t7-,8-/m1/s1. The van der Waals surface area contributed by atoms with Crippen LogP contribution in [0.5, 0.6) is 0 Å². The monoisotopic (exact) mass is 350 g/mol. The number of carbonyl (C=O) groups is 2. The molecule has 2 rings (SSSR count). The molecule has 0 spiro atoms. The van der Waals surface area contributed by atoms with Crippen molar-refractivity contribution in [3.8, 4) is 0 Å². The summed E-state index contributed by atoms with van der Waals surface area (Å²) in [4.78, 5) is 29.0. The lowest BCUT2D eigenvalue weighted by Gasteiger charge is -2.21. The van der Waals surface area contributed by atoms with Gasteiger partial charge in [-0.05, 0) is 0 Å². The Morgan fingerprint density at radius 3 is 2.35 bits per heavy atom. The van der Waals surface area contributed by atoms with Crippen molar-refractivity contribution >= 4 is 23.2 Å². The molecule has 0 bridgehead atoms. The van der Waals surface area contributed by atoms with Gasteiger partial charge in [0.2, 0.25) is 0 Å². The molecule has 1 fully saturated rings. The molecular formula is C14H17F3N2O3S. The zero-order valence-corrected chi connectivity index (χ0v) is 13.7. The van der Waals surface area contributed by atoms with Gasteiger partial charge < -0.3 is 10.0 Å². The maximum atomic E-state index is 13.0. The van der Waals surface area contributed by atoms with Crippen LogP contribution in [0.25, 0.3) is 0 Å². The van der Waals surface area contributed by atoms with E-state index in [2.05, 4.69) is 4.98 Å². The predicted molar refractivity (Wildman–Crippen MR) is 77.4 cm³/mol. The molecule has 2 heterocycles. The number of aromatic nitrogens is 1. The fourth-order valence-electron chi connectivity index (χ4n) is 2.63. The third kappa shape index (κ3) is 3.49. The minimum absolute atomic E-state index is 0.268. The number of nitrogens with zero attached hydrogens (tertiary/aromatic N) is 2. The molecule has 9 heteroatoms. The van der Waals surface area contributed by atoms with Gasteiger partial charge in [0.05, 0.1) is 23.0 Å². The van der Waals surface area contributed by atoms with Crippen molar-refractivity contribution in [1.29, 1.82) is 0 Å². The van der Waals surface area contributed by atoms with Gasteiger partial charge in [-0.3, -0.25) is 9.59 Å². The lowest BCUT2D eigenvalue weighted by molar-refractivity contribution is -0.187. The summed E-state index contributed by atoms with van der Waals surface area (Å²) in [7, 11) is 0. The van der Waals surface area contributed by atoms with Crippen molar-refractivity contribution in [2.75, 3.05) is 13.1 Å². The lowest BCUT2D eigenvalue weighted by Crippen LogP contribution is -2.34. The first-order chi connectivity index (χ1) is 10.4. The quantitative estimate of drug-likeness (QED) is 0.890. The predicted octanol–water partition coefficient (Wildman–Crippen LogP) is 2.78. The van der Waals surface area contributed by atoms with Crippen LogP contribution >= 0.6 is 11.3 Å². The fraction of sp³-hybridized carbons (Fsp3) is 0.643. The average molecular weight is 350 g/mol. The Kier molecular flexibility index (Phi) is 4.44. The van der Waals surface area contributed by atoms with Gasteiger partial charge in [-0.25, -0.2) is 4.98 Å². The van der Waals surface area contributed by atoms with Gasteiger partial charge in [0.15, 0.2) is 0 Å². The van der Waals surface area contributed by atoms with E-state index in [1.807, 2.05) is 20.8 Å². The number of halogens is 3. The van der Waals surface area contributed by atoms with Crippen LogP contribution in [-0.4, -0.2) is 46.1 Å². The molecule has 1 amide bonds. The first-order valence-electron chi connectivity index (χ1n) is 6.95. The molecule has 1 aliphatic rings. The number of alkyl halides is 3. The van der Waals surface area contributed by atoms with Crippen LogP contribution in [0.2, 0.25) is 0 Å². The van der Waals surface area contributed by atoms with Crippen LogP contribution in [0.15, 0.2) is 5.51 Å². The highest BCUT2D eigenvalue weighted by atomic mass is 32.1. The maximum absolute atomic E-state index is 13.0. The highest BCUT2D eigenvalue weighted by Gasteiger charge is 2.53. The van der Waals surface area contributed by atoms with Gasteiger partial charge >= 0.3 is 12.1 Å². The van der Waals surface area contributed by atoms with E-state index in [9.17, 15) is 22.8 Å². The van der Waals surface area contributed by atoms with Crippen molar-refractivity contribution in [3.05, 3.63) is 16.1 Å². The van der Waals surface area contributed by atoms with Crippen LogP contribution in [0.3, 0.4) is 0 Å². The highest BCUT2D eigenvalue weighted by Crippen LogP contribution is 2.39. The number of thiazole rings is 1. The summed E-state index contributed by atoms with van der Waals surface area (Å²) in [5.74, 6) is -5.81. The third-order valence-electron chi connectivity index (χ3n) is 3.82. The van der Waals surface area contributed by atoms with E-state index >= 15 is 0 Å². The number of aliphatic carboxylic acids is 1. The maximum Gasteiger partial charge on any atom is 0.394 e. The van der Waals surface area contributed by atoms with E-state index in [0.717, 1.165) is 16.2 Å². The number of carbonyl (C=O) groups excluding carboxylic acids is 1. The van der Waals surface area contributed by atoms with E-state index in [4.69, 9.17) is 5.11 Å². The Hall–Kier alpha value is -1.64. The number of rotatable bonds is 2. The van der Waals surface area contributed by atoms with Crippen LogP contribution < -0.4 is 0 Å². The molecule has 1 aliphatic heterocycles. The first-order valence-corrected chi connectivity index (χ1v) is 7.83. The molecule has 1 aromatic rings. The number of hydrogen-bond acceptors (Lipinski definition) is 4. The number of likely N-dealkylation sites (tertiary alicyclic amines) is 1. The van der Waals surface area contributed by atoms with Gasteiger partial charge in [0, 0.05) is 18.5 Å². The summed E-state index contributed by atoms with van der Waals surface area (Å²) >= 11 is 1.06. The van der Waals surface area contributed by atoms with Crippen molar-refractivity contribution in [2.24, 2.45) is 11.8 Å². The number of hydrogen-bond donors (Lipinski definition) is 1. The molecule has 0 unspecified atom stereocenters. The summed E-state index contributed by atoms with van der Waals surface area (Å²) in [5, 5.41) is 9.01. The molecule has 128 valence electrons. The second-order valence-electron chi connectivity index (χ2n) is 6.58. The summed E-state index contributed by atoms with van der Waals surface area (Å²) < 4.78 is 39.0. The van der Waals surface area contributed by atoms with E-state index in [-0.39, 0.29) is 4.88 Å². The Morgan fingerprint density at radius 1 is 1.30 bits per heavy atom. The van der Waals surface area contributed by atoms with Gasteiger partial charge in [-0.2, -0.15) is 13.2 Å². The molecule has 0 radical (unpaired) electrons. The topological polar surface area (TPSA) is 70.5 Å². The average Bonchev–Trinajstić information content (AvgIpc) is 3.03. The zero-order chi connectivity index (χ0) is 17.6. The van der Waals surface area contributed by atoms with Gasteiger partial charge in [0.1, 0.15) is 4.88 Å². The molecule has 5 nitrogen and oxygen atoms in total. The summed E-state index contributed by atoms with van der Waals surface area (Å²) in [6, 6.07) is 0. The van der Waals surface area contributed by atoms with Crippen molar-refractivity contribution in [1.82, 2.24) is 9.88 Å². The Balaban J connectivity index is 2.29. The molecule has 0 aliphatic carbocycles. The van der Waals surface area contributed by atoms with E-state index < -0.39 is 48.4 Å². The number of amides is 1. The lowest BCUT2D eigenvalue weighted by atomic mass is 9.91. The Morgan fingerprint density at radius 2 is 1.91 bits per heavy atom. The van der Waals surface area contributed by atoms with Crippen molar-refractivity contribution < 1.29 is 27.9 Å². The van der Waals surface area contributed by atoms with Gasteiger partial charge in [-0.15, -0.1) is 11.3 Å². The zero-order valence-electron chi connectivity index (χ0n) is 12.8. The van der Waals surface area contributed by atoms with Crippen LogP contribution in [0.4, 0.5) is 13.2 Å². The molecular weight excluding hydrogens is 333 g/mol. The van der Waals surface area contributed by atoms with E-state index in [1.54, 1.807) is 0 Å². The molecule has 1 saturated heterocycles. The van der Waals surface area contributed by atoms with Gasteiger partial charge in [0.25, 0.3) is 5.91 Å². The second kappa shape index (κ2) is 5.77. The van der Waals surface area contributed by atoms with Crippen LogP contribution in [-0.2, 0) is 10.2 Å². The fourth-order valence-corrected chi connectivity index (χ4v) is 3.59. The molecule has 23 heavy (non-hydrogen) atoms. The Labute approximate surface area is 135 Å². The van der Waals surface area contributed by atoms with Gasteiger partial charge in [-0.1, -0.05) is 20.8 Å². The molecule has 2 atom stereocenters. The van der Waals surface area contributed by atoms with E-state index in [0.29, 0.717) is 5.69 Å². The molecule has 1 N–H and O–H groups in total. The smallest absolute Gasteiger partial charge is 0.394 e. The van der Waals surface area contributed by atoms with Crippen molar-refractivity contribution in [2.45, 2.75) is 32.4 Å². The van der Waals surface area contributed by atoms with Crippen LogP contribution in [0.1, 0.15) is 36.1 Å². The van der Waals surface area contributed by atoms with Crippen LogP contribution in [0, 0.1) is 11.8 Å². The Bertz CT molecular complexity index is 622. The van der Waals surface area contributed by atoms with E-state index in [1.165, 1.54) is 5.51 Å². The van der Waals surface area contributed by atoms with Crippen molar-refractivity contribution in [3.63, 3.8) is 0 Å². The number of carboxylic acid groups (broad SMARTS) is 1. The SMILES string of the molecule is CC(C)(C)c1ncsc1C(=O)N1C[C@@H](C(F)(F)F)[C@H](C(=O)O)C1. The number of carboxylic acids is 1. The minimum Gasteiger partial charge on any atom is -0.481 e. The summed E-state index contributed by atoms with van der Waals surface area (Å²) in [6.45, 7) is 4.46. The summed E-state index contributed by atoms with van der Waals surface area (Å²) in [6.07, 6.45) is -4.65. The largest absolute Gasteiger partial charge is 0.481 e. The second-order valence-corrected chi connectivity index (χ2v) is 7.44. The molecule has 0 saturated carbocycles. The molecule has 1 aromatic heterocycles.